The van der Waals surface area contributed by atoms with Gasteiger partial charge in [-0.25, -0.2) is 0 Å². The minimum Gasteiger partial charge on any atom is -0.455 e. The normalized spacial score (nSPS) is 13.6. The Morgan fingerprint density at radius 2 is 1.42 bits per heavy atom. The summed E-state index contributed by atoms with van der Waals surface area (Å²) in [4.78, 5) is 11.2. The van der Waals surface area contributed by atoms with Gasteiger partial charge in [0.15, 0.2) is 6.10 Å². The van der Waals surface area contributed by atoms with E-state index in [0.29, 0.717) is 0 Å². The fourth-order valence-corrected chi connectivity index (χ4v) is 1.96. The molecule has 1 N–H and O–H groups in total. The van der Waals surface area contributed by atoms with Crippen LogP contribution in [0.15, 0.2) is 60.7 Å². The van der Waals surface area contributed by atoms with E-state index >= 15 is 0 Å². The van der Waals surface area contributed by atoms with E-state index in [1.165, 1.54) is 6.92 Å². The summed E-state index contributed by atoms with van der Waals surface area (Å²) >= 11 is 0. The lowest BCUT2D eigenvalue weighted by Crippen LogP contribution is -2.17. The molecule has 2 atom stereocenters. The molecule has 0 amide bonds. The molecule has 2 aromatic rings. The first-order valence-corrected chi connectivity index (χ1v) is 6.13. The fourth-order valence-electron chi connectivity index (χ4n) is 1.96. The first-order valence-electron chi connectivity index (χ1n) is 6.13. The molecule has 0 heterocycles. The summed E-state index contributed by atoms with van der Waals surface area (Å²) in [5.74, 6) is -0.413. The standard InChI is InChI=1S/C16H16O3/c1-12(17)19-16(14-10-6-3-7-11-14)15(18)13-8-4-2-5-9-13/h2-11,15-16,18H,1H3/t15-,16+/m1/s1. The Labute approximate surface area is 112 Å². The Morgan fingerprint density at radius 3 is 1.89 bits per heavy atom. The van der Waals surface area contributed by atoms with Crippen molar-refractivity contribution in [1.29, 1.82) is 0 Å². The number of carbonyl (C=O) groups excluding carboxylic acids is 1. The Kier molecular flexibility index (Phi) is 4.31. The molecule has 0 radical (unpaired) electrons. The maximum absolute atomic E-state index is 11.2. The number of ether oxygens (including phenoxy) is 1. The van der Waals surface area contributed by atoms with Crippen molar-refractivity contribution in [1.82, 2.24) is 0 Å². The number of aliphatic hydroxyl groups excluding tert-OH is 1. The van der Waals surface area contributed by atoms with Gasteiger partial charge in [-0.3, -0.25) is 4.79 Å². The average molecular weight is 256 g/mol. The quantitative estimate of drug-likeness (QED) is 0.855. The van der Waals surface area contributed by atoms with Gasteiger partial charge in [0.05, 0.1) is 0 Å². The average Bonchev–Trinajstić information content (AvgIpc) is 2.46. The van der Waals surface area contributed by atoms with Gasteiger partial charge in [0.2, 0.25) is 0 Å². The van der Waals surface area contributed by atoms with Gasteiger partial charge in [0.25, 0.3) is 0 Å². The van der Waals surface area contributed by atoms with Crippen molar-refractivity contribution in [2.24, 2.45) is 0 Å². The Bertz CT molecular complexity index is 522. The van der Waals surface area contributed by atoms with E-state index < -0.39 is 18.2 Å². The summed E-state index contributed by atoms with van der Waals surface area (Å²) in [5.41, 5.74) is 1.49. The van der Waals surface area contributed by atoms with Crippen molar-refractivity contribution in [3.63, 3.8) is 0 Å². The second kappa shape index (κ2) is 6.16. The first kappa shape index (κ1) is 13.3. The van der Waals surface area contributed by atoms with Gasteiger partial charge in [-0.15, -0.1) is 0 Å². The molecule has 0 fully saturated rings. The summed E-state index contributed by atoms with van der Waals surface area (Å²) < 4.78 is 5.26. The smallest absolute Gasteiger partial charge is 0.303 e. The second-order valence-electron chi connectivity index (χ2n) is 4.30. The van der Waals surface area contributed by atoms with E-state index in [1.54, 1.807) is 0 Å². The largest absolute Gasteiger partial charge is 0.455 e. The number of aliphatic hydroxyl groups is 1. The van der Waals surface area contributed by atoms with E-state index in [4.69, 9.17) is 4.74 Å². The van der Waals surface area contributed by atoms with Crippen LogP contribution in [-0.4, -0.2) is 11.1 Å². The zero-order valence-electron chi connectivity index (χ0n) is 10.7. The molecule has 0 bridgehead atoms. The van der Waals surface area contributed by atoms with Gasteiger partial charge in [0, 0.05) is 6.92 Å². The van der Waals surface area contributed by atoms with Gasteiger partial charge in [-0.2, -0.15) is 0 Å². The van der Waals surface area contributed by atoms with Crippen molar-refractivity contribution < 1.29 is 14.6 Å². The number of hydrogen-bond acceptors (Lipinski definition) is 3. The third kappa shape index (κ3) is 3.42. The summed E-state index contributed by atoms with van der Waals surface area (Å²) in [6.45, 7) is 1.34. The molecule has 2 rings (SSSR count). The molecule has 0 saturated carbocycles. The zero-order chi connectivity index (χ0) is 13.7. The molecule has 0 aliphatic carbocycles. The predicted molar refractivity (Wildman–Crippen MR) is 72.4 cm³/mol. The molecule has 0 spiro atoms. The number of rotatable bonds is 4. The molecule has 98 valence electrons. The topological polar surface area (TPSA) is 46.5 Å². The highest BCUT2D eigenvalue weighted by atomic mass is 16.6. The molecule has 3 heteroatoms. The molecule has 2 aromatic carbocycles. The van der Waals surface area contributed by atoms with Gasteiger partial charge in [0.1, 0.15) is 6.10 Å². The Balaban J connectivity index is 2.30. The van der Waals surface area contributed by atoms with Crippen molar-refractivity contribution in [3.05, 3.63) is 71.8 Å². The number of esters is 1. The SMILES string of the molecule is CC(=O)O[C@@H](c1ccccc1)[C@H](O)c1ccccc1. The third-order valence-corrected chi connectivity index (χ3v) is 2.85. The third-order valence-electron chi connectivity index (χ3n) is 2.85. The number of benzene rings is 2. The van der Waals surface area contributed by atoms with Crippen LogP contribution in [0.25, 0.3) is 0 Å². The monoisotopic (exact) mass is 256 g/mol. The Morgan fingerprint density at radius 1 is 0.947 bits per heavy atom. The maximum Gasteiger partial charge on any atom is 0.303 e. The lowest BCUT2D eigenvalue weighted by atomic mass is 9.98. The minimum atomic E-state index is -0.882. The highest BCUT2D eigenvalue weighted by Crippen LogP contribution is 2.31. The van der Waals surface area contributed by atoms with Crippen LogP contribution in [-0.2, 0) is 9.53 Å². The summed E-state index contributed by atoms with van der Waals surface area (Å²) in [5, 5.41) is 10.4. The van der Waals surface area contributed by atoms with Crippen molar-refractivity contribution in [2.45, 2.75) is 19.1 Å². The summed E-state index contributed by atoms with van der Waals surface area (Å²) in [6, 6.07) is 18.4. The predicted octanol–water partition coefficient (Wildman–Crippen LogP) is 3.02. The van der Waals surface area contributed by atoms with Crippen LogP contribution in [0, 0.1) is 0 Å². The number of hydrogen-bond donors (Lipinski definition) is 1. The molecule has 0 aromatic heterocycles. The van der Waals surface area contributed by atoms with Gasteiger partial charge in [-0.1, -0.05) is 60.7 Å². The molecular weight excluding hydrogens is 240 g/mol. The highest BCUT2D eigenvalue weighted by molar-refractivity contribution is 5.66. The number of carbonyl (C=O) groups is 1. The zero-order valence-corrected chi connectivity index (χ0v) is 10.7. The molecule has 3 nitrogen and oxygen atoms in total. The second-order valence-corrected chi connectivity index (χ2v) is 4.30. The molecule has 0 aliphatic heterocycles. The van der Waals surface area contributed by atoms with Crippen LogP contribution in [0.2, 0.25) is 0 Å². The van der Waals surface area contributed by atoms with E-state index in [0.717, 1.165) is 11.1 Å². The minimum absolute atomic E-state index is 0.413. The van der Waals surface area contributed by atoms with Crippen LogP contribution in [0.1, 0.15) is 30.3 Å². The van der Waals surface area contributed by atoms with Crippen molar-refractivity contribution >= 4 is 5.97 Å². The van der Waals surface area contributed by atoms with E-state index in [1.807, 2.05) is 60.7 Å². The summed E-state index contributed by atoms with van der Waals surface area (Å²) in [7, 11) is 0. The molecular formula is C16H16O3. The van der Waals surface area contributed by atoms with Crippen molar-refractivity contribution in [2.75, 3.05) is 0 Å². The van der Waals surface area contributed by atoms with Crippen LogP contribution in [0.4, 0.5) is 0 Å². The van der Waals surface area contributed by atoms with Crippen LogP contribution >= 0.6 is 0 Å². The molecule has 0 aliphatic rings. The first-order chi connectivity index (χ1) is 9.18. The van der Waals surface area contributed by atoms with Gasteiger partial charge < -0.3 is 9.84 Å². The Hall–Kier alpha value is -2.13. The van der Waals surface area contributed by atoms with Gasteiger partial charge >= 0.3 is 5.97 Å². The lowest BCUT2D eigenvalue weighted by molar-refractivity contribution is -0.153. The molecule has 19 heavy (non-hydrogen) atoms. The van der Waals surface area contributed by atoms with Crippen LogP contribution < -0.4 is 0 Å². The molecule has 0 unspecified atom stereocenters. The van der Waals surface area contributed by atoms with Gasteiger partial charge in [-0.05, 0) is 11.1 Å². The van der Waals surface area contributed by atoms with Crippen molar-refractivity contribution in [3.8, 4) is 0 Å². The molecule has 0 saturated heterocycles. The van der Waals surface area contributed by atoms with E-state index in [-0.39, 0.29) is 0 Å². The lowest BCUT2D eigenvalue weighted by Gasteiger charge is -2.23. The van der Waals surface area contributed by atoms with E-state index in [2.05, 4.69) is 0 Å². The fraction of sp³-hybridized carbons (Fsp3) is 0.188. The van der Waals surface area contributed by atoms with Crippen LogP contribution in [0.5, 0.6) is 0 Å². The highest BCUT2D eigenvalue weighted by Gasteiger charge is 2.25. The summed E-state index contributed by atoms with van der Waals surface area (Å²) in [6.07, 6.45) is -1.58. The maximum atomic E-state index is 11.2. The van der Waals surface area contributed by atoms with E-state index in [9.17, 15) is 9.90 Å². The van der Waals surface area contributed by atoms with Crippen LogP contribution in [0.3, 0.4) is 0 Å².